The standard InChI is InChI=1S/C35H28N2O4/c1-40-34(38)31-19-17-23(26-12-6-7-13-27(26)31)16-18-24-22-33(37(36-24)25-10-4-3-5-11-25)30-20-21-32(35(39)41-2)29-15-9-8-14-28(29)30/h3-21,33H,22H2,1-2H3/b18-16+. The molecule has 1 atom stereocenters. The Morgan fingerprint density at radius 3 is 1.90 bits per heavy atom. The van der Waals surface area contributed by atoms with Gasteiger partial charge >= 0.3 is 11.9 Å². The van der Waals surface area contributed by atoms with Gasteiger partial charge in [0.1, 0.15) is 0 Å². The van der Waals surface area contributed by atoms with Gasteiger partial charge in [-0.2, -0.15) is 5.10 Å². The average Bonchev–Trinajstić information content (AvgIpc) is 3.46. The lowest BCUT2D eigenvalue weighted by Crippen LogP contribution is -2.19. The number of ether oxygens (including phenoxy) is 2. The summed E-state index contributed by atoms with van der Waals surface area (Å²) in [5, 5.41) is 10.8. The van der Waals surface area contributed by atoms with Gasteiger partial charge in [0.25, 0.3) is 0 Å². The van der Waals surface area contributed by atoms with Gasteiger partial charge in [-0.25, -0.2) is 9.59 Å². The number of nitrogens with zero attached hydrogens (tertiary/aromatic N) is 2. The topological polar surface area (TPSA) is 68.2 Å². The zero-order valence-corrected chi connectivity index (χ0v) is 22.8. The molecular weight excluding hydrogens is 512 g/mol. The highest BCUT2D eigenvalue weighted by Crippen LogP contribution is 2.39. The number of hydrogen-bond donors (Lipinski definition) is 0. The van der Waals surface area contributed by atoms with Crippen LogP contribution in [0.25, 0.3) is 27.6 Å². The highest BCUT2D eigenvalue weighted by Gasteiger charge is 2.30. The van der Waals surface area contributed by atoms with Crippen LogP contribution in [0.4, 0.5) is 5.69 Å². The van der Waals surface area contributed by atoms with Crippen LogP contribution in [0.2, 0.25) is 0 Å². The largest absolute Gasteiger partial charge is 0.465 e. The smallest absolute Gasteiger partial charge is 0.338 e. The molecule has 0 N–H and O–H groups in total. The minimum atomic E-state index is -0.358. The molecule has 0 spiro atoms. The minimum Gasteiger partial charge on any atom is -0.465 e. The highest BCUT2D eigenvalue weighted by atomic mass is 16.5. The van der Waals surface area contributed by atoms with Gasteiger partial charge in [0, 0.05) is 6.42 Å². The first kappa shape index (κ1) is 26.0. The number of allylic oxidation sites excluding steroid dienone is 1. The maximum Gasteiger partial charge on any atom is 0.338 e. The van der Waals surface area contributed by atoms with Gasteiger partial charge in [0.15, 0.2) is 0 Å². The van der Waals surface area contributed by atoms with Crippen LogP contribution in [0.1, 0.15) is 44.3 Å². The van der Waals surface area contributed by atoms with E-state index in [1.165, 1.54) is 14.2 Å². The molecule has 0 saturated carbocycles. The van der Waals surface area contributed by atoms with Crippen molar-refractivity contribution in [1.82, 2.24) is 0 Å². The van der Waals surface area contributed by atoms with Crippen molar-refractivity contribution in [3.05, 3.63) is 131 Å². The van der Waals surface area contributed by atoms with Crippen LogP contribution in [0.3, 0.4) is 0 Å². The number of hydrogen-bond acceptors (Lipinski definition) is 6. The molecule has 1 unspecified atom stereocenters. The molecule has 0 bridgehead atoms. The summed E-state index contributed by atoms with van der Waals surface area (Å²) in [6, 6.07) is 33.3. The summed E-state index contributed by atoms with van der Waals surface area (Å²) in [7, 11) is 2.79. The number of rotatable bonds is 6. The first-order valence-electron chi connectivity index (χ1n) is 13.4. The first-order chi connectivity index (χ1) is 20.1. The van der Waals surface area contributed by atoms with E-state index < -0.39 is 0 Å². The molecule has 0 radical (unpaired) electrons. The lowest BCUT2D eigenvalue weighted by molar-refractivity contribution is 0.0594. The van der Waals surface area contributed by atoms with Crippen molar-refractivity contribution in [3.63, 3.8) is 0 Å². The Hall–Kier alpha value is -5.23. The van der Waals surface area contributed by atoms with Crippen LogP contribution >= 0.6 is 0 Å². The Balaban J connectivity index is 1.41. The van der Waals surface area contributed by atoms with Gasteiger partial charge in [-0.3, -0.25) is 5.01 Å². The van der Waals surface area contributed by atoms with E-state index in [1.807, 2.05) is 109 Å². The molecule has 5 aromatic rings. The summed E-state index contributed by atoms with van der Waals surface area (Å²) in [6.07, 6.45) is 4.76. The second-order valence-corrected chi connectivity index (χ2v) is 9.80. The molecular formula is C35H28N2O4. The van der Waals surface area contributed by atoms with Gasteiger partial charge in [-0.15, -0.1) is 0 Å². The average molecular weight is 541 g/mol. The van der Waals surface area contributed by atoms with Crippen LogP contribution in [0, 0.1) is 0 Å². The first-order valence-corrected chi connectivity index (χ1v) is 13.4. The van der Waals surface area contributed by atoms with Gasteiger partial charge in [-0.1, -0.05) is 84.9 Å². The van der Waals surface area contributed by atoms with Gasteiger partial charge < -0.3 is 9.47 Å². The van der Waals surface area contributed by atoms with E-state index in [0.29, 0.717) is 17.5 Å². The molecule has 41 heavy (non-hydrogen) atoms. The summed E-state index contributed by atoms with van der Waals surface area (Å²) in [4.78, 5) is 24.8. The van der Waals surface area contributed by atoms with E-state index in [1.54, 1.807) is 6.07 Å². The fourth-order valence-corrected chi connectivity index (χ4v) is 5.54. The Morgan fingerprint density at radius 2 is 1.24 bits per heavy atom. The fraction of sp³-hybridized carbons (Fsp3) is 0.114. The van der Waals surface area contributed by atoms with Gasteiger partial charge in [0.2, 0.25) is 0 Å². The third kappa shape index (κ3) is 4.85. The van der Waals surface area contributed by atoms with Crippen molar-refractivity contribution in [2.24, 2.45) is 5.10 Å². The zero-order chi connectivity index (χ0) is 28.3. The van der Waals surface area contributed by atoms with E-state index in [4.69, 9.17) is 14.6 Å². The van der Waals surface area contributed by atoms with Crippen LogP contribution in [-0.2, 0) is 9.47 Å². The van der Waals surface area contributed by atoms with E-state index in [0.717, 1.165) is 44.1 Å². The number of fused-ring (bicyclic) bond motifs is 2. The van der Waals surface area contributed by atoms with E-state index in [2.05, 4.69) is 5.01 Å². The maximum atomic E-state index is 12.5. The molecule has 1 aliphatic rings. The summed E-state index contributed by atoms with van der Waals surface area (Å²) in [6.45, 7) is 0. The highest BCUT2D eigenvalue weighted by molar-refractivity contribution is 6.09. The molecule has 1 aliphatic heterocycles. The Morgan fingerprint density at radius 1 is 0.683 bits per heavy atom. The van der Waals surface area contributed by atoms with Crippen LogP contribution in [0.15, 0.2) is 114 Å². The van der Waals surface area contributed by atoms with Crippen molar-refractivity contribution in [2.45, 2.75) is 12.5 Å². The molecule has 202 valence electrons. The summed E-state index contributed by atoms with van der Waals surface area (Å²) in [5.41, 5.74) is 5.04. The second-order valence-electron chi connectivity index (χ2n) is 9.80. The number of hydrazone groups is 1. The number of methoxy groups -OCH3 is 2. The number of benzene rings is 5. The second kappa shape index (κ2) is 11.1. The fourth-order valence-electron chi connectivity index (χ4n) is 5.54. The zero-order valence-electron chi connectivity index (χ0n) is 22.8. The molecule has 0 fully saturated rings. The van der Waals surface area contributed by atoms with Gasteiger partial charge in [0.05, 0.1) is 42.8 Å². The van der Waals surface area contributed by atoms with Crippen LogP contribution in [0.5, 0.6) is 0 Å². The SMILES string of the molecule is COC(=O)c1ccc(/C=C/C2=NN(c3ccccc3)C(c3ccc(C(=O)OC)c4ccccc34)C2)c2ccccc12. The summed E-state index contributed by atoms with van der Waals surface area (Å²) < 4.78 is 10.0. The molecule has 6 nitrogen and oxygen atoms in total. The van der Waals surface area contributed by atoms with E-state index in [9.17, 15) is 9.59 Å². The van der Waals surface area contributed by atoms with E-state index >= 15 is 0 Å². The number of para-hydroxylation sites is 1. The number of esters is 2. The molecule has 0 aromatic heterocycles. The molecule has 0 aliphatic carbocycles. The van der Waals surface area contributed by atoms with Gasteiger partial charge in [-0.05, 0) is 63.0 Å². The summed E-state index contributed by atoms with van der Waals surface area (Å²) >= 11 is 0. The summed E-state index contributed by atoms with van der Waals surface area (Å²) in [5.74, 6) is -0.715. The number of carbonyl (C=O) groups is 2. The van der Waals surface area contributed by atoms with Crippen molar-refractivity contribution in [3.8, 4) is 0 Å². The molecule has 1 heterocycles. The molecule has 5 aromatic carbocycles. The predicted molar refractivity (Wildman–Crippen MR) is 163 cm³/mol. The van der Waals surface area contributed by atoms with Crippen molar-refractivity contribution in [1.29, 1.82) is 0 Å². The Kier molecular flexibility index (Phi) is 7.04. The molecule has 0 saturated heterocycles. The van der Waals surface area contributed by atoms with E-state index in [-0.39, 0.29) is 18.0 Å². The predicted octanol–water partition coefficient (Wildman–Crippen LogP) is 7.59. The van der Waals surface area contributed by atoms with Crippen LogP contribution in [-0.4, -0.2) is 31.9 Å². The number of carbonyl (C=O) groups excluding carboxylic acids is 2. The van der Waals surface area contributed by atoms with Crippen molar-refractivity contribution >= 4 is 51.0 Å². The quantitative estimate of drug-likeness (QED) is 0.208. The van der Waals surface area contributed by atoms with Crippen molar-refractivity contribution in [2.75, 3.05) is 19.2 Å². The Bertz CT molecular complexity index is 1840. The third-order valence-corrected chi connectivity index (χ3v) is 7.50. The third-order valence-electron chi connectivity index (χ3n) is 7.50. The lowest BCUT2D eigenvalue weighted by Gasteiger charge is -2.25. The Labute approximate surface area is 238 Å². The maximum absolute atomic E-state index is 12.5. The number of anilines is 1. The van der Waals surface area contributed by atoms with Crippen molar-refractivity contribution < 1.29 is 19.1 Å². The molecule has 6 heteroatoms. The molecule has 0 amide bonds. The lowest BCUT2D eigenvalue weighted by atomic mass is 9.92. The monoisotopic (exact) mass is 540 g/mol. The molecule has 6 rings (SSSR count). The normalized spacial score (nSPS) is 14.9. The minimum absolute atomic E-state index is 0.0768. The van der Waals surface area contributed by atoms with Crippen LogP contribution < -0.4 is 5.01 Å².